The number of nitrogens with zero attached hydrogens (tertiary/aromatic N) is 5. The fourth-order valence-electron chi connectivity index (χ4n) is 3.89. The SMILES string of the molecule is CN1CCCN(C(=O)CN2C(=O)COc3ccccc32)c2nc3ccccc3nc21. The second-order valence-electron chi connectivity index (χ2n) is 7.42. The number of carbonyl (C=O) groups excluding carboxylic acids is 2. The minimum Gasteiger partial charge on any atom is -0.482 e. The van der Waals surface area contributed by atoms with E-state index in [1.54, 1.807) is 17.0 Å². The molecule has 2 aliphatic heterocycles. The van der Waals surface area contributed by atoms with Gasteiger partial charge in [0.05, 0.1) is 16.7 Å². The van der Waals surface area contributed by atoms with Crippen LogP contribution in [0.15, 0.2) is 48.5 Å². The van der Waals surface area contributed by atoms with Crippen LogP contribution in [0.25, 0.3) is 11.0 Å². The summed E-state index contributed by atoms with van der Waals surface area (Å²) in [5.41, 5.74) is 2.13. The molecule has 1 aromatic heterocycles. The van der Waals surface area contributed by atoms with Crippen molar-refractivity contribution in [2.24, 2.45) is 0 Å². The molecule has 0 atom stereocenters. The van der Waals surface area contributed by atoms with Crippen molar-refractivity contribution < 1.29 is 14.3 Å². The normalized spacial score (nSPS) is 16.0. The number of amides is 2. The molecule has 0 bridgehead atoms. The molecule has 0 aliphatic carbocycles. The average molecular weight is 403 g/mol. The molecule has 0 fully saturated rings. The highest BCUT2D eigenvalue weighted by molar-refractivity contribution is 6.06. The van der Waals surface area contributed by atoms with E-state index < -0.39 is 0 Å². The average Bonchev–Trinajstić information content (AvgIpc) is 2.93. The van der Waals surface area contributed by atoms with Crippen LogP contribution in [0, 0.1) is 0 Å². The number of anilines is 3. The van der Waals surface area contributed by atoms with Gasteiger partial charge in [-0.05, 0) is 30.7 Å². The Morgan fingerprint density at radius 1 is 1.00 bits per heavy atom. The molecule has 3 heterocycles. The molecule has 2 aromatic carbocycles. The van der Waals surface area contributed by atoms with Gasteiger partial charge in [0.1, 0.15) is 12.3 Å². The van der Waals surface area contributed by atoms with Crippen molar-refractivity contribution in [2.45, 2.75) is 6.42 Å². The minimum absolute atomic E-state index is 0.0726. The van der Waals surface area contributed by atoms with E-state index in [1.165, 1.54) is 4.90 Å². The van der Waals surface area contributed by atoms with Crippen molar-refractivity contribution in [1.29, 1.82) is 0 Å². The summed E-state index contributed by atoms with van der Waals surface area (Å²) < 4.78 is 5.49. The number of para-hydroxylation sites is 4. The van der Waals surface area contributed by atoms with Crippen LogP contribution in [0.3, 0.4) is 0 Å². The molecule has 0 radical (unpaired) electrons. The number of carbonyl (C=O) groups is 2. The van der Waals surface area contributed by atoms with E-state index in [4.69, 9.17) is 14.7 Å². The molecule has 0 spiro atoms. The van der Waals surface area contributed by atoms with Crippen LogP contribution in [0.1, 0.15) is 6.42 Å². The Balaban J connectivity index is 1.51. The first-order valence-electron chi connectivity index (χ1n) is 9.92. The number of fused-ring (bicyclic) bond motifs is 3. The summed E-state index contributed by atoms with van der Waals surface area (Å²) in [5, 5.41) is 0. The van der Waals surface area contributed by atoms with Gasteiger partial charge in [0.2, 0.25) is 5.91 Å². The Morgan fingerprint density at radius 3 is 2.50 bits per heavy atom. The first kappa shape index (κ1) is 18.4. The highest BCUT2D eigenvalue weighted by Gasteiger charge is 2.32. The van der Waals surface area contributed by atoms with Gasteiger partial charge in [-0.2, -0.15) is 0 Å². The maximum atomic E-state index is 13.4. The molecule has 8 heteroatoms. The lowest BCUT2D eigenvalue weighted by molar-refractivity contribution is -0.124. The lowest BCUT2D eigenvalue weighted by atomic mass is 10.2. The van der Waals surface area contributed by atoms with Crippen LogP contribution < -0.4 is 19.4 Å². The summed E-state index contributed by atoms with van der Waals surface area (Å²) in [5.74, 6) is 1.38. The van der Waals surface area contributed by atoms with E-state index in [2.05, 4.69) is 0 Å². The highest BCUT2D eigenvalue weighted by Crippen LogP contribution is 2.33. The molecule has 0 N–H and O–H groups in total. The third-order valence-electron chi connectivity index (χ3n) is 5.43. The first-order chi connectivity index (χ1) is 14.6. The zero-order chi connectivity index (χ0) is 20.7. The van der Waals surface area contributed by atoms with Crippen LogP contribution in [-0.4, -0.2) is 55.1 Å². The van der Waals surface area contributed by atoms with Gasteiger partial charge in [-0.15, -0.1) is 0 Å². The molecular formula is C22H21N5O3. The van der Waals surface area contributed by atoms with Crippen LogP contribution >= 0.6 is 0 Å². The number of hydrogen-bond donors (Lipinski definition) is 0. The van der Waals surface area contributed by atoms with Crippen molar-refractivity contribution in [3.63, 3.8) is 0 Å². The molecule has 0 unspecified atom stereocenters. The Kier molecular flexibility index (Phi) is 4.46. The van der Waals surface area contributed by atoms with Crippen molar-refractivity contribution in [3.8, 4) is 5.75 Å². The van der Waals surface area contributed by atoms with Gasteiger partial charge in [0, 0.05) is 20.1 Å². The Hall–Kier alpha value is -3.68. The number of hydrogen-bond acceptors (Lipinski definition) is 6. The number of rotatable bonds is 2. The molecule has 8 nitrogen and oxygen atoms in total. The smallest absolute Gasteiger partial charge is 0.265 e. The second kappa shape index (κ2) is 7.29. The molecule has 5 rings (SSSR count). The van der Waals surface area contributed by atoms with Crippen molar-refractivity contribution in [1.82, 2.24) is 9.97 Å². The number of benzene rings is 2. The Morgan fingerprint density at radius 2 is 1.70 bits per heavy atom. The summed E-state index contributed by atoms with van der Waals surface area (Å²) in [7, 11) is 1.96. The summed E-state index contributed by atoms with van der Waals surface area (Å²) >= 11 is 0. The third kappa shape index (κ3) is 3.10. The van der Waals surface area contributed by atoms with Gasteiger partial charge >= 0.3 is 0 Å². The summed E-state index contributed by atoms with van der Waals surface area (Å²) in [6, 6.07) is 14.9. The molecule has 2 aliphatic rings. The topological polar surface area (TPSA) is 78.9 Å². The van der Waals surface area contributed by atoms with Gasteiger partial charge in [0.25, 0.3) is 5.91 Å². The molecule has 152 valence electrons. The third-order valence-corrected chi connectivity index (χ3v) is 5.43. The van der Waals surface area contributed by atoms with Gasteiger partial charge in [0.15, 0.2) is 18.2 Å². The lowest BCUT2D eigenvalue weighted by Gasteiger charge is -2.31. The zero-order valence-electron chi connectivity index (χ0n) is 16.6. The van der Waals surface area contributed by atoms with E-state index in [1.807, 2.05) is 48.3 Å². The fraction of sp³-hybridized carbons (Fsp3) is 0.273. The maximum Gasteiger partial charge on any atom is 0.265 e. The van der Waals surface area contributed by atoms with Crippen molar-refractivity contribution in [2.75, 3.05) is 48.0 Å². The van der Waals surface area contributed by atoms with E-state index >= 15 is 0 Å². The predicted octanol–water partition coefficient (Wildman–Crippen LogP) is 2.23. The summed E-state index contributed by atoms with van der Waals surface area (Å²) in [4.78, 5) is 40.6. The zero-order valence-corrected chi connectivity index (χ0v) is 16.6. The molecule has 30 heavy (non-hydrogen) atoms. The summed E-state index contributed by atoms with van der Waals surface area (Å²) in [6.45, 7) is 1.14. The number of aromatic nitrogens is 2. The first-order valence-corrected chi connectivity index (χ1v) is 9.92. The van der Waals surface area contributed by atoms with Crippen LogP contribution in [0.2, 0.25) is 0 Å². The van der Waals surface area contributed by atoms with Gasteiger partial charge < -0.3 is 9.64 Å². The molecule has 2 amide bonds. The molecular weight excluding hydrogens is 382 g/mol. The molecule has 0 saturated heterocycles. The van der Waals surface area contributed by atoms with Crippen LogP contribution in [0.4, 0.5) is 17.3 Å². The number of ether oxygens (including phenoxy) is 1. The molecule has 0 saturated carbocycles. The minimum atomic E-state index is -0.237. The van der Waals surface area contributed by atoms with E-state index in [-0.39, 0.29) is 25.0 Å². The van der Waals surface area contributed by atoms with Crippen molar-refractivity contribution >= 4 is 40.2 Å². The quantitative estimate of drug-likeness (QED) is 0.653. The van der Waals surface area contributed by atoms with Crippen LogP contribution in [0.5, 0.6) is 5.75 Å². The second-order valence-corrected chi connectivity index (χ2v) is 7.42. The van der Waals surface area contributed by atoms with Gasteiger partial charge in [-0.1, -0.05) is 24.3 Å². The fourth-order valence-corrected chi connectivity index (χ4v) is 3.89. The van der Waals surface area contributed by atoms with Gasteiger partial charge in [-0.25, -0.2) is 9.97 Å². The van der Waals surface area contributed by atoms with Gasteiger partial charge in [-0.3, -0.25) is 19.4 Å². The monoisotopic (exact) mass is 403 g/mol. The highest BCUT2D eigenvalue weighted by atomic mass is 16.5. The predicted molar refractivity (Wildman–Crippen MR) is 114 cm³/mol. The maximum absolute atomic E-state index is 13.4. The largest absolute Gasteiger partial charge is 0.482 e. The Labute approximate surface area is 173 Å². The van der Waals surface area contributed by atoms with E-state index in [9.17, 15) is 9.59 Å². The van der Waals surface area contributed by atoms with Crippen molar-refractivity contribution in [3.05, 3.63) is 48.5 Å². The molecule has 3 aromatic rings. The summed E-state index contributed by atoms with van der Waals surface area (Å²) in [6.07, 6.45) is 0.782. The lowest BCUT2D eigenvalue weighted by Crippen LogP contribution is -2.47. The van der Waals surface area contributed by atoms with Crippen LogP contribution in [-0.2, 0) is 9.59 Å². The Bertz CT molecular complexity index is 1150. The standard InChI is InChI=1S/C22H21N5O3/c1-25-11-6-12-26(22-21(25)23-15-7-2-3-8-16(15)24-22)19(28)13-27-17-9-4-5-10-18(17)30-14-20(27)29/h2-5,7-10H,6,11-14H2,1H3. The van der Waals surface area contributed by atoms with E-state index in [0.717, 1.165) is 24.0 Å². The van der Waals surface area contributed by atoms with E-state index in [0.29, 0.717) is 29.6 Å².